The first-order valence-corrected chi connectivity index (χ1v) is 11.6. The molecule has 0 amide bonds. The van der Waals surface area contributed by atoms with Crippen LogP contribution in [0.1, 0.15) is 27.7 Å². The van der Waals surface area contributed by atoms with E-state index < -0.39 is 35.5 Å². The van der Waals surface area contributed by atoms with Gasteiger partial charge in [-0.05, 0) is 12.0 Å². The van der Waals surface area contributed by atoms with Crippen molar-refractivity contribution >= 4 is 35.8 Å². The van der Waals surface area contributed by atoms with Crippen LogP contribution in [0.4, 0.5) is 0 Å². The minimum absolute atomic E-state index is 0.132. The summed E-state index contributed by atoms with van der Waals surface area (Å²) >= 11 is 5.90. The first kappa shape index (κ1) is 19.9. The van der Waals surface area contributed by atoms with Crippen molar-refractivity contribution in [2.24, 2.45) is 5.92 Å². The van der Waals surface area contributed by atoms with Crippen LogP contribution in [-0.4, -0.2) is 40.9 Å². The third kappa shape index (κ3) is 5.71. The van der Waals surface area contributed by atoms with Crippen LogP contribution in [0.3, 0.4) is 0 Å². The maximum Gasteiger partial charge on any atom is 0.311 e. The number of nitrogens with one attached hydrogen (secondary N) is 1. The molecule has 0 fully saturated rings. The summed E-state index contributed by atoms with van der Waals surface area (Å²) in [6.45, 7) is 11.5. The van der Waals surface area contributed by atoms with Crippen molar-refractivity contribution < 1.29 is 17.9 Å². The predicted molar refractivity (Wildman–Crippen MR) is 84.9 cm³/mol. The standard InChI is InChI=1S/C12H26ClNO4SSi/c1-9(13)10(11(15)18-5)8-19(16,17)14-20(6,7)12(2,3)4/h9-10,14H,8H2,1-7H3/t9-,10?/m1/s1. The molecule has 1 unspecified atom stereocenters. The summed E-state index contributed by atoms with van der Waals surface area (Å²) in [6.07, 6.45) is 0. The summed E-state index contributed by atoms with van der Waals surface area (Å²) in [5.41, 5.74) is 0. The predicted octanol–water partition coefficient (Wildman–Crippen LogP) is 2.33. The summed E-state index contributed by atoms with van der Waals surface area (Å²) in [4.78, 5) is 11.6. The van der Waals surface area contributed by atoms with E-state index in [-0.39, 0.29) is 10.8 Å². The van der Waals surface area contributed by atoms with Crippen molar-refractivity contribution in [2.75, 3.05) is 12.9 Å². The molecule has 0 radical (unpaired) electrons. The van der Waals surface area contributed by atoms with E-state index in [4.69, 9.17) is 11.6 Å². The highest BCUT2D eigenvalue weighted by atomic mass is 35.5. The van der Waals surface area contributed by atoms with Crippen LogP contribution in [0.25, 0.3) is 0 Å². The minimum Gasteiger partial charge on any atom is -0.469 e. The molecule has 0 aromatic heterocycles. The lowest BCUT2D eigenvalue weighted by Crippen LogP contribution is -2.56. The Morgan fingerprint density at radius 2 is 1.80 bits per heavy atom. The Kier molecular flexibility index (Phi) is 6.73. The van der Waals surface area contributed by atoms with E-state index in [0.29, 0.717) is 0 Å². The van der Waals surface area contributed by atoms with Crippen LogP contribution in [0, 0.1) is 5.92 Å². The van der Waals surface area contributed by atoms with Crippen LogP contribution >= 0.6 is 11.6 Å². The Balaban J connectivity index is 5.13. The van der Waals surface area contributed by atoms with Crippen LogP contribution in [0.5, 0.6) is 0 Å². The average molecular weight is 344 g/mol. The van der Waals surface area contributed by atoms with Gasteiger partial charge in [0.2, 0.25) is 10.0 Å². The number of alkyl halides is 1. The number of carbonyl (C=O) groups excluding carboxylic acids is 1. The van der Waals surface area contributed by atoms with E-state index in [9.17, 15) is 13.2 Å². The number of hydrogen-bond acceptors (Lipinski definition) is 4. The van der Waals surface area contributed by atoms with Crippen molar-refractivity contribution in [1.29, 1.82) is 0 Å². The molecule has 0 spiro atoms. The third-order valence-corrected chi connectivity index (χ3v) is 11.9. The smallest absolute Gasteiger partial charge is 0.311 e. The first-order valence-electron chi connectivity index (χ1n) is 6.47. The highest BCUT2D eigenvalue weighted by molar-refractivity contribution is 7.91. The van der Waals surface area contributed by atoms with Crippen LogP contribution in [0.2, 0.25) is 18.1 Å². The molecule has 0 aromatic carbocycles. The molecule has 2 atom stereocenters. The lowest BCUT2D eigenvalue weighted by atomic mass is 10.1. The third-order valence-electron chi connectivity index (χ3n) is 3.74. The maximum atomic E-state index is 12.3. The Morgan fingerprint density at radius 3 is 2.10 bits per heavy atom. The van der Waals surface area contributed by atoms with Crippen molar-refractivity contribution in [3.63, 3.8) is 0 Å². The number of sulfonamides is 1. The van der Waals surface area contributed by atoms with Gasteiger partial charge in [-0.25, -0.2) is 12.8 Å². The molecule has 120 valence electrons. The summed E-state index contributed by atoms with van der Waals surface area (Å²) < 4.78 is 32.0. The van der Waals surface area contributed by atoms with E-state index >= 15 is 0 Å². The van der Waals surface area contributed by atoms with Gasteiger partial charge >= 0.3 is 5.97 Å². The van der Waals surface area contributed by atoms with Gasteiger partial charge in [0.25, 0.3) is 0 Å². The number of esters is 1. The van der Waals surface area contributed by atoms with Gasteiger partial charge in [-0.2, -0.15) is 0 Å². The summed E-state index contributed by atoms with van der Waals surface area (Å²) in [6, 6.07) is 0. The van der Waals surface area contributed by atoms with Gasteiger partial charge in [0.05, 0.1) is 18.8 Å². The summed E-state index contributed by atoms with van der Waals surface area (Å²) in [5, 5.41) is -0.744. The van der Waals surface area contributed by atoms with Crippen LogP contribution in [0.15, 0.2) is 0 Å². The SMILES string of the molecule is COC(=O)C(CS(=O)(=O)N[Si](C)(C)C(C)(C)C)[C@@H](C)Cl. The van der Waals surface area contributed by atoms with Crippen molar-refractivity contribution in [3.05, 3.63) is 0 Å². The fourth-order valence-corrected chi connectivity index (χ4v) is 7.22. The maximum absolute atomic E-state index is 12.3. The second kappa shape index (κ2) is 6.77. The molecule has 0 saturated carbocycles. The normalized spacial score (nSPS) is 16.6. The number of rotatable bonds is 6. The Labute approximate surface area is 128 Å². The van der Waals surface area contributed by atoms with Crippen molar-refractivity contribution in [2.45, 2.75) is 51.2 Å². The zero-order valence-electron chi connectivity index (χ0n) is 13.3. The van der Waals surface area contributed by atoms with Gasteiger partial charge in [0.15, 0.2) is 0 Å². The van der Waals surface area contributed by atoms with E-state index in [2.05, 4.69) is 9.12 Å². The van der Waals surface area contributed by atoms with Crippen molar-refractivity contribution in [3.8, 4) is 0 Å². The number of halogens is 1. The summed E-state index contributed by atoms with van der Waals surface area (Å²) in [7, 11) is -4.59. The lowest BCUT2D eigenvalue weighted by Gasteiger charge is -2.37. The number of carbonyl (C=O) groups is 1. The largest absolute Gasteiger partial charge is 0.469 e. The molecule has 0 aliphatic carbocycles. The molecule has 0 heterocycles. The van der Waals surface area contributed by atoms with Crippen LogP contribution in [-0.2, 0) is 19.6 Å². The summed E-state index contributed by atoms with van der Waals surface area (Å²) in [5.74, 6) is -1.83. The second-order valence-corrected chi connectivity index (χ2v) is 14.4. The van der Waals surface area contributed by atoms with E-state index in [0.717, 1.165) is 0 Å². The number of ether oxygens (including phenoxy) is 1. The fourth-order valence-electron chi connectivity index (χ4n) is 1.36. The fraction of sp³-hybridized carbons (Fsp3) is 0.917. The molecule has 0 aromatic rings. The van der Waals surface area contributed by atoms with E-state index in [1.54, 1.807) is 6.92 Å². The Morgan fingerprint density at radius 1 is 1.35 bits per heavy atom. The topological polar surface area (TPSA) is 72.5 Å². The molecule has 0 rings (SSSR count). The van der Waals surface area contributed by atoms with Gasteiger partial charge in [0, 0.05) is 5.38 Å². The molecule has 1 N–H and O–H groups in total. The monoisotopic (exact) mass is 343 g/mol. The minimum atomic E-state index is -3.60. The molecule has 0 bridgehead atoms. The average Bonchev–Trinajstić information content (AvgIpc) is 2.21. The highest BCUT2D eigenvalue weighted by Gasteiger charge is 2.40. The number of methoxy groups -OCH3 is 1. The first-order chi connectivity index (χ1) is 8.73. The van der Waals surface area contributed by atoms with Gasteiger partial charge in [-0.3, -0.25) is 4.79 Å². The highest BCUT2D eigenvalue weighted by Crippen LogP contribution is 2.34. The van der Waals surface area contributed by atoms with Gasteiger partial charge < -0.3 is 4.74 Å². The molecule has 0 saturated heterocycles. The van der Waals surface area contributed by atoms with Gasteiger partial charge in [-0.1, -0.05) is 33.9 Å². The Hall–Kier alpha value is -0.113. The van der Waals surface area contributed by atoms with Gasteiger partial charge in [0.1, 0.15) is 8.24 Å². The number of hydrogen-bond donors (Lipinski definition) is 1. The molecule has 8 heteroatoms. The van der Waals surface area contributed by atoms with Crippen LogP contribution < -0.4 is 4.39 Å². The molecule has 20 heavy (non-hydrogen) atoms. The quantitative estimate of drug-likeness (QED) is 0.456. The van der Waals surface area contributed by atoms with E-state index in [1.165, 1.54) is 7.11 Å². The Bertz CT molecular complexity index is 443. The molecule has 0 aliphatic rings. The van der Waals surface area contributed by atoms with Crippen molar-refractivity contribution in [1.82, 2.24) is 4.39 Å². The van der Waals surface area contributed by atoms with Gasteiger partial charge in [-0.15, -0.1) is 11.6 Å². The lowest BCUT2D eigenvalue weighted by molar-refractivity contribution is -0.144. The molecular formula is C12H26ClNO4SSi. The molecule has 5 nitrogen and oxygen atoms in total. The zero-order chi connectivity index (χ0) is 16.4. The molecule has 0 aliphatic heterocycles. The van der Waals surface area contributed by atoms with E-state index in [1.807, 2.05) is 33.9 Å². The molecular weight excluding hydrogens is 318 g/mol. The second-order valence-electron chi connectivity index (χ2n) is 6.57. The zero-order valence-corrected chi connectivity index (χ0v) is 15.9.